The molecule has 0 aliphatic carbocycles. The van der Waals surface area contributed by atoms with Crippen molar-refractivity contribution < 1.29 is 0 Å². The van der Waals surface area contributed by atoms with Crippen LogP contribution in [0.5, 0.6) is 0 Å². The zero-order chi connectivity index (χ0) is 17.4. The molecule has 0 saturated heterocycles. The summed E-state index contributed by atoms with van der Waals surface area (Å²) < 4.78 is 0.997. The lowest BCUT2D eigenvalue weighted by molar-refractivity contribution is 1.00. The van der Waals surface area contributed by atoms with Gasteiger partial charge in [-0.1, -0.05) is 30.3 Å². The molecule has 0 spiro atoms. The van der Waals surface area contributed by atoms with Crippen LogP contribution < -0.4 is 11.1 Å². The van der Waals surface area contributed by atoms with Crippen molar-refractivity contribution in [1.82, 2.24) is 19.9 Å². The van der Waals surface area contributed by atoms with E-state index in [1.807, 2.05) is 44.2 Å². The van der Waals surface area contributed by atoms with Crippen molar-refractivity contribution in [2.24, 2.45) is 5.73 Å². The summed E-state index contributed by atoms with van der Waals surface area (Å²) in [6.45, 7) is 5.12. The summed E-state index contributed by atoms with van der Waals surface area (Å²) in [4.78, 5) is 19.6. The van der Waals surface area contributed by atoms with Gasteiger partial charge in [0, 0.05) is 18.7 Å². The normalized spacial score (nSPS) is 11.3. The molecule has 0 amide bonds. The molecular formula is C18H18N6S. The van der Waals surface area contributed by atoms with Crippen LogP contribution in [0.1, 0.15) is 11.5 Å². The lowest BCUT2D eigenvalue weighted by atomic mass is 10.2. The highest BCUT2D eigenvalue weighted by Crippen LogP contribution is 2.37. The van der Waals surface area contributed by atoms with Crippen LogP contribution in [-0.2, 0) is 0 Å². The largest absolute Gasteiger partial charge is 0.368 e. The molecule has 3 aromatic heterocycles. The molecule has 0 bridgehead atoms. The van der Waals surface area contributed by atoms with Crippen LogP contribution in [0, 0.1) is 13.8 Å². The molecular weight excluding hydrogens is 332 g/mol. The second-order valence-corrected chi connectivity index (χ2v) is 6.79. The van der Waals surface area contributed by atoms with Crippen LogP contribution in [0.4, 0.5) is 5.82 Å². The van der Waals surface area contributed by atoms with E-state index in [0.29, 0.717) is 13.1 Å². The van der Waals surface area contributed by atoms with E-state index in [4.69, 9.17) is 15.7 Å². The van der Waals surface area contributed by atoms with Crippen LogP contribution in [0.15, 0.2) is 30.3 Å². The Kier molecular flexibility index (Phi) is 4.03. The van der Waals surface area contributed by atoms with Crippen molar-refractivity contribution in [3.05, 3.63) is 41.9 Å². The number of nitrogens with zero attached hydrogens (tertiary/aromatic N) is 4. The zero-order valence-corrected chi connectivity index (χ0v) is 14.9. The van der Waals surface area contributed by atoms with Gasteiger partial charge in [-0.15, -0.1) is 11.3 Å². The van der Waals surface area contributed by atoms with Gasteiger partial charge in [0.05, 0.1) is 21.3 Å². The van der Waals surface area contributed by atoms with Gasteiger partial charge < -0.3 is 11.1 Å². The van der Waals surface area contributed by atoms with Gasteiger partial charge in [-0.3, -0.25) is 0 Å². The Balaban J connectivity index is 1.97. The monoisotopic (exact) mass is 350 g/mol. The number of anilines is 1. The maximum Gasteiger partial charge on any atom is 0.161 e. The van der Waals surface area contributed by atoms with Gasteiger partial charge in [-0.2, -0.15) is 0 Å². The maximum absolute atomic E-state index is 5.62. The molecule has 7 heteroatoms. The summed E-state index contributed by atoms with van der Waals surface area (Å²) in [5.74, 6) is 2.27. The molecule has 0 saturated carbocycles. The Morgan fingerprint density at radius 1 is 1.04 bits per heavy atom. The van der Waals surface area contributed by atoms with E-state index < -0.39 is 0 Å². The van der Waals surface area contributed by atoms with Gasteiger partial charge in [0.15, 0.2) is 5.82 Å². The fourth-order valence-corrected chi connectivity index (χ4v) is 3.98. The van der Waals surface area contributed by atoms with Gasteiger partial charge >= 0.3 is 0 Å². The van der Waals surface area contributed by atoms with Crippen molar-refractivity contribution in [3.8, 4) is 11.4 Å². The molecule has 0 fully saturated rings. The molecule has 0 aliphatic rings. The van der Waals surface area contributed by atoms with Crippen molar-refractivity contribution >= 4 is 37.6 Å². The summed E-state index contributed by atoms with van der Waals surface area (Å²) in [6.07, 6.45) is 0. The fraction of sp³-hybridized carbons (Fsp3) is 0.222. The van der Waals surface area contributed by atoms with Gasteiger partial charge in [-0.05, 0) is 13.8 Å². The number of thiophene rings is 1. The standard InChI is InChI=1S/C18H18N6S/c1-10-13-14-15(17(20-9-8-19)23-11(2)22-14)25-18(13)24-16(21-10)12-6-4-3-5-7-12/h3-7H,8-9,19H2,1-2H3,(H,20,22,23). The van der Waals surface area contributed by atoms with Crippen molar-refractivity contribution in [2.75, 3.05) is 18.4 Å². The van der Waals surface area contributed by atoms with Gasteiger partial charge in [-0.25, -0.2) is 19.9 Å². The lowest BCUT2D eigenvalue weighted by Gasteiger charge is -2.06. The number of hydrogen-bond acceptors (Lipinski definition) is 7. The quantitative estimate of drug-likeness (QED) is 0.587. The summed E-state index contributed by atoms with van der Waals surface area (Å²) in [6, 6.07) is 10.0. The summed E-state index contributed by atoms with van der Waals surface area (Å²) in [5, 5.41) is 4.29. The second kappa shape index (κ2) is 6.34. The minimum Gasteiger partial charge on any atom is -0.368 e. The summed E-state index contributed by atoms with van der Waals surface area (Å²) >= 11 is 1.59. The first-order valence-corrected chi connectivity index (χ1v) is 8.94. The number of nitrogens with one attached hydrogen (secondary N) is 1. The van der Waals surface area contributed by atoms with Crippen LogP contribution in [-0.4, -0.2) is 33.0 Å². The van der Waals surface area contributed by atoms with E-state index in [-0.39, 0.29) is 0 Å². The first-order valence-electron chi connectivity index (χ1n) is 8.12. The summed E-state index contributed by atoms with van der Waals surface area (Å²) in [7, 11) is 0. The molecule has 3 heterocycles. The molecule has 25 heavy (non-hydrogen) atoms. The molecule has 0 aliphatic heterocycles. The highest BCUT2D eigenvalue weighted by molar-refractivity contribution is 7.26. The SMILES string of the molecule is Cc1nc(NCCN)c2sc3nc(-c4ccccc4)nc(C)c3c2n1. The molecule has 6 nitrogen and oxygen atoms in total. The predicted octanol–water partition coefficient (Wildman–Crippen LogP) is 3.29. The van der Waals surface area contributed by atoms with Crippen molar-refractivity contribution in [1.29, 1.82) is 0 Å². The topological polar surface area (TPSA) is 89.6 Å². The number of aromatic nitrogens is 4. The zero-order valence-electron chi connectivity index (χ0n) is 14.1. The molecule has 126 valence electrons. The highest BCUT2D eigenvalue weighted by atomic mass is 32.1. The van der Waals surface area contributed by atoms with Crippen LogP contribution in [0.25, 0.3) is 31.8 Å². The van der Waals surface area contributed by atoms with Gasteiger partial charge in [0.2, 0.25) is 0 Å². The third kappa shape index (κ3) is 2.81. The van der Waals surface area contributed by atoms with E-state index in [9.17, 15) is 0 Å². The minimum absolute atomic E-state index is 0.548. The second-order valence-electron chi connectivity index (χ2n) is 5.79. The third-order valence-electron chi connectivity index (χ3n) is 3.94. The summed E-state index contributed by atoms with van der Waals surface area (Å²) in [5.41, 5.74) is 8.46. The Bertz CT molecular complexity index is 1060. The number of nitrogens with two attached hydrogens (primary N) is 1. The number of fused-ring (bicyclic) bond motifs is 3. The molecule has 0 unspecified atom stereocenters. The van der Waals surface area contributed by atoms with E-state index >= 15 is 0 Å². The Labute approximate surface area is 149 Å². The fourth-order valence-electron chi connectivity index (χ4n) is 2.84. The van der Waals surface area contributed by atoms with E-state index in [2.05, 4.69) is 15.3 Å². The van der Waals surface area contributed by atoms with E-state index in [1.54, 1.807) is 11.3 Å². The van der Waals surface area contributed by atoms with Crippen LogP contribution >= 0.6 is 11.3 Å². The average molecular weight is 350 g/mol. The maximum atomic E-state index is 5.62. The van der Waals surface area contributed by atoms with Crippen molar-refractivity contribution in [3.63, 3.8) is 0 Å². The molecule has 3 N–H and O–H groups in total. The number of benzene rings is 1. The first-order chi connectivity index (χ1) is 12.2. The van der Waals surface area contributed by atoms with E-state index in [1.165, 1.54) is 0 Å². The molecule has 0 radical (unpaired) electrons. The first kappa shape index (κ1) is 15.9. The van der Waals surface area contributed by atoms with Crippen LogP contribution in [0.2, 0.25) is 0 Å². The van der Waals surface area contributed by atoms with Gasteiger partial charge in [0.25, 0.3) is 0 Å². The highest BCUT2D eigenvalue weighted by Gasteiger charge is 2.17. The molecule has 4 rings (SSSR count). The number of aryl methyl sites for hydroxylation is 2. The predicted molar refractivity (Wildman–Crippen MR) is 103 cm³/mol. The third-order valence-corrected chi connectivity index (χ3v) is 5.02. The minimum atomic E-state index is 0.548. The number of rotatable bonds is 4. The lowest BCUT2D eigenvalue weighted by Crippen LogP contribution is -2.14. The molecule has 0 atom stereocenters. The van der Waals surface area contributed by atoms with Crippen LogP contribution in [0.3, 0.4) is 0 Å². The average Bonchev–Trinajstić information content (AvgIpc) is 2.99. The van der Waals surface area contributed by atoms with E-state index in [0.717, 1.165) is 49.2 Å². The van der Waals surface area contributed by atoms with Crippen molar-refractivity contribution in [2.45, 2.75) is 13.8 Å². The molecule has 1 aromatic carbocycles. The smallest absolute Gasteiger partial charge is 0.161 e. The Hall–Kier alpha value is -2.64. The van der Waals surface area contributed by atoms with Gasteiger partial charge in [0.1, 0.15) is 16.5 Å². The Morgan fingerprint density at radius 2 is 1.84 bits per heavy atom. The Morgan fingerprint density at radius 3 is 2.60 bits per heavy atom. The number of hydrogen-bond donors (Lipinski definition) is 2. The molecule has 4 aromatic rings.